The molecule has 2 aliphatic heterocycles. The van der Waals surface area contributed by atoms with E-state index in [9.17, 15) is 4.79 Å². The van der Waals surface area contributed by atoms with Crippen LogP contribution < -0.4 is 15.8 Å². The molecule has 3 aromatic rings. The highest BCUT2D eigenvalue weighted by atomic mass is 32.1. The molecule has 0 spiro atoms. The molecule has 2 N–H and O–H groups in total. The predicted octanol–water partition coefficient (Wildman–Crippen LogP) is 5.29. The van der Waals surface area contributed by atoms with Crippen molar-refractivity contribution in [2.45, 2.75) is 26.2 Å². The van der Waals surface area contributed by atoms with Crippen molar-refractivity contribution < 1.29 is 9.53 Å². The van der Waals surface area contributed by atoms with E-state index < -0.39 is 0 Å². The molecule has 0 unspecified atom stereocenters. The molecule has 2 fully saturated rings. The fraction of sp³-hybridized carbons (Fsp3) is 0.318. The van der Waals surface area contributed by atoms with Crippen molar-refractivity contribution in [3.63, 3.8) is 0 Å². The SMILES string of the molecule is CCN1C(=O)/C(=C\c2cc3sc(NNc4ccc(N5CCCCC5)cc4)nc3s2)OC1=S. The highest BCUT2D eigenvalue weighted by Crippen LogP contribution is 2.34. The molecule has 0 radical (unpaired) electrons. The Morgan fingerprint density at radius 2 is 1.94 bits per heavy atom. The number of nitrogens with zero attached hydrogens (tertiary/aromatic N) is 3. The number of thiazole rings is 1. The lowest BCUT2D eigenvalue weighted by Gasteiger charge is -2.28. The Labute approximate surface area is 199 Å². The third-order valence-electron chi connectivity index (χ3n) is 5.47. The van der Waals surface area contributed by atoms with Crippen LogP contribution in [0.1, 0.15) is 31.1 Å². The second-order valence-electron chi connectivity index (χ2n) is 7.61. The highest BCUT2D eigenvalue weighted by Gasteiger charge is 2.32. The Morgan fingerprint density at radius 3 is 2.62 bits per heavy atom. The minimum atomic E-state index is -0.194. The van der Waals surface area contributed by atoms with Crippen molar-refractivity contribution in [1.82, 2.24) is 9.88 Å². The van der Waals surface area contributed by atoms with Crippen molar-refractivity contribution >= 4 is 78.1 Å². The summed E-state index contributed by atoms with van der Waals surface area (Å²) in [5.41, 5.74) is 8.68. The van der Waals surface area contributed by atoms with Crippen molar-refractivity contribution in [3.05, 3.63) is 41.0 Å². The molecule has 4 heterocycles. The van der Waals surface area contributed by atoms with Crippen LogP contribution in [0.5, 0.6) is 0 Å². The maximum atomic E-state index is 12.3. The van der Waals surface area contributed by atoms with E-state index in [1.807, 2.05) is 13.0 Å². The number of anilines is 3. The molecule has 166 valence electrons. The van der Waals surface area contributed by atoms with E-state index in [2.05, 4.69) is 45.0 Å². The van der Waals surface area contributed by atoms with Gasteiger partial charge in [-0.2, -0.15) is 0 Å². The number of hydrazine groups is 1. The number of hydrogen-bond acceptors (Lipinski definition) is 9. The smallest absolute Gasteiger partial charge is 0.297 e. The number of rotatable bonds is 6. The Kier molecular flexibility index (Phi) is 5.99. The van der Waals surface area contributed by atoms with Gasteiger partial charge in [-0.05, 0) is 68.7 Å². The summed E-state index contributed by atoms with van der Waals surface area (Å²) in [5.74, 6) is 0.0684. The van der Waals surface area contributed by atoms with Crippen molar-refractivity contribution in [3.8, 4) is 0 Å². The summed E-state index contributed by atoms with van der Waals surface area (Å²) in [6.45, 7) is 4.65. The summed E-state index contributed by atoms with van der Waals surface area (Å²) in [7, 11) is 0. The molecular weight excluding hydrogens is 462 g/mol. The predicted molar refractivity (Wildman–Crippen MR) is 136 cm³/mol. The summed E-state index contributed by atoms with van der Waals surface area (Å²) in [6.07, 6.45) is 5.62. The number of thiophene rings is 1. The van der Waals surface area contributed by atoms with E-state index in [4.69, 9.17) is 17.0 Å². The number of aromatic nitrogens is 1. The van der Waals surface area contributed by atoms with Crippen LogP contribution in [0.4, 0.5) is 16.5 Å². The summed E-state index contributed by atoms with van der Waals surface area (Å²) in [4.78, 5) is 22.7. The molecule has 0 atom stereocenters. The van der Waals surface area contributed by atoms with Crippen LogP contribution in [0.3, 0.4) is 0 Å². The van der Waals surface area contributed by atoms with Gasteiger partial charge in [0, 0.05) is 36.3 Å². The number of piperidine rings is 1. The second kappa shape index (κ2) is 9.05. The van der Waals surface area contributed by atoms with Crippen LogP contribution in [-0.4, -0.2) is 40.6 Å². The quantitative estimate of drug-likeness (QED) is 0.279. The van der Waals surface area contributed by atoms with Crippen molar-refractivity contribution in [2.75, 3.05) is 35.4 Å². The molecule has 2 aliphatic rings. The third kappa shape index (κ3) is 4.30. The van der Waals surface area contributed by atoms with E-state index in [-0.39, 0.29) is 16.8 Å². The molecule has 5 rings (SSSR count). The summed E-state index contributed by atoms with van der Waals surface area (Å²) >= 11 is 8.17. The standard InChI is InChI=1S/C22H23N5O2S3/c1-2-27-20(28)17(29-22(27)30)12-16-13-18-19(31-16)23-21(32-18)25-24-14-6-8-15(9-7-14)26-10-4-3-5-11-26/h6-9,12-13,24H,2-5,10-11H2,1H3,(H,23,25)/b17-12+. The van der Waals surface area contributed by atoms with E-state index in [0.717, 1.165) is 38.3 Å². The van der Waals surface area contributed by atoms with Crippen LogP contribution in [0.25, 0.3) is 15.6 Å². The number of carbonyl (C=O) groups excluding carboxylic acids is 1. The maximum Gasteiger partial charge on any atom is 0.297 e. The zero-order valence-electron chi connectivity index (χ0n) is 17.6. The van der Waals surface area contributed by atoms with Gasteiger partial charge in [0.25, 0.3) is 11.1 Å². The molecule has 2 aromatic heterocycles. The number of nitrogens with one attached hydrogen (secondary N) is 2. The largest absolute Gasteiger partial charge is 0.425 e. The fourth-order valence-corrected chi connectivity index (χ4v) is 6.13. The summed E-state index contributed by atoms with van der Waals surface area (Å²) in [5, 5.41) is 0.999. The first-order valence-corrected chi connectivity index (χ1v) is 12.7. The first-order valence-electron chi connectivity index (χ1n) is 10.6. The number of fused-ring (bicyclic) bond motifs is 1. The number of benzene rings is 1. The number of amides is 1. The van der Waals surface area contributed by atoms with Gasteiger partial charge in [0.15, 0.2) is 5.76 Å². The van der Waals surface area contributed by atoms with Gasteiger partial charge in [-0.25, -0.2) is 4.98 Å². The van der Waals surface area contributed by atoms with E-state index in [1.165, 1.54) is 41.2 Å². The third-order valence-corrected chi connectivity index (χ3v) is 7.80. The molecule has 7 nitrogen and oxygen atoms in total. The Hall–Kier alpha value is -2.69. The topological polar surface area (TPSA) is 69.7 Å². The molecule has 0 aliphatic carbocycles. The van der Waals surface area contributed by atoms with Crippen LogP contribution in [0.15, 0.2) is 36.1 Å². The zero-order chi connectivity index (χ0) is 22.1. The summed E-state index contributed by atoms with van der Waals surface area (Å²) in [6, 6.07) is 10.5. The zero-order valence-corrected chi connectivity index (χ0v) is 20.0. The van der Waals surface area contributed by atoms with E-state index >= 15 is 0 Å². The second-order valence-corrected chi connectivity index (χ2v) is 10.0. The average Bonchev–Trinajstić information content (AvgIpc) is 3.44. The van der Waals surface area contributed by atoms with Gasteiger partial charge in [-0.15, -0.1) is 11.3 Å². The maximum absolute atomic E-state index is 12.3. The fourth-order valence-electron chi connectivity index (χ4n) is 3.81. The molecule has 32 heavy (non-hydrogen) atoms. The van der Waals surface area contributed by atoms with Crippen LogP contribution in [0, 0.1) is 0 Å². The summed E-state index contributed by atoms with van der Waals surface area (Å²) < 4.78 is 6.49. The van der Waals surface area contributed by atoms with Crippen molar-refractivity contribution in [1.29, 1.82) is 0 Å². The first-order chi connectivity index (χ1) is 15.6. The highest BCUT2D eigenvalue weighted by molar-refractivity contribution is 7.80. The molecule has 0 bridgehead atoms. The minimum absolute atomic E-state index is 0.194. The van der Waals surface area contributed by atoms with Crippen LogP contribution in [0.2, 0.25) is 0 Å². The number of likely N-dealkylation sites (N-methyl/N-ethyl adjacent to an activating group) is 1. The lowest BCUT2D eigenvalue weighted by Crippen LogP contribution is -2.29. The van der Waals surface area contributed by atoms with E-state index in [0.29, 0.717) is 6.54 Å². The van der Waals surface area contributed by atoms with Crippen molar-refractivity contribution in [2.24, 2.45) is 0 Å². The van der Waals surface area contributed by atoms with Gasteiger partial charge in [-0.1, -0.05) is 11.3 Å². The minimum Gasteiger partial charge on any atom is -0.425 e. The Morgan fingerprint density at radius 1 is 1.16 bits per heavy atom. The lowest BCUT2D eigenvalue weighted by molar-refractivity contribution is -0.122. The van der Waals surface area contributed by atoms with Gasteiger partial charge >= 0.3 is 0 Å². The Bertz CT molecular complexity index is 1150. The Balaban J connectivity index is 1.22. The van der Waals surface area contributed by atoms with Crippen LogP contribution >= 0.6 is 34.9 Å². The van der Waals surface area contributed by atoms with Crippen LogP contribution in [-0.2, 0) is 9.53 Å². The molecule has 1 aromatic carbocycles. The molecule has 10 heteroatoms. The van der Waals surface area contributed by atoms with Gasteiger partial charge in [0.1, 0.15) is 4.83 Å². The molecule has 1 amide bonds. The molecular formula is C22H23N5O2S3. The lowest BCUT2D eigenvalue weighted by atomic mass is 10.1. The van der Waals surface area contributed by atoms with Gasteiger partial charge < -0.3 is 9.64 Å². The molecule has 2 saturated heterocycles. The number of carbonyl (C=O) groups is 1. The average molecular weight is 486 g/mol. The van der Waals surface area contributed by atoms with Gasteiger partial charge in [0.2, 0.25) is 5.13 Å². The number of hydrogen-bond donors (Lipinski definition) is 2. The normalized spacial score (nSPS) is 18.0. The number of ether oxygens (including phenoxy) is 1. The monoisotopic (exact) mass is 485 g/mol. The van der Waals surface area contributed by atoms with E-state index in [1.54, 1.807) is 17.4 Å². The first kappa shape index (κ1) is 21.2. The van der Waals surface area contributed by atoms with Gasteiger partial charge in [0.05, 0.1) is 10.4 Å². The number of thiocarbonyl (C=S) groups is 1. The molecule has 0 saturated carbocycles. The van der Waals surface area contributed by atoms with Gasteiger partial charge in [-0.3, -0.25) is 20.5 Å².